The van der Waals surface area contributed by atoms with E-state index < -0.39 is 5.25 Å². The first kappa shape index (κ1) is 15.3. The lowest BCUT2D eigenvalue weighted by molar-refractivity contribution is -0.117. The molecule has 0 aliphatic rings. The second-order valence-electron chi connectivity index (χ2n) is 3.99. The van der Waals surface area contributed by atoms with Crippen molar-refractivity contribution in [2.75, 3.05) is 5.75 Å². The van der Waals surface area contributed by atoms with E-state index >= 15 is 0 Å². The minimum Gasteiger partial charge on any atom is -0.368 e. The quantitative estimate of drug-likeness (QED) is 0.791. The second-order valence-corrected chi connectivity index (χ2v) is 7.67. The highest BCUT2D eigenvalue weighted by Gasteiger charge is 2.21. The molecule has 0 fully saturated rings. The predicted molar refractivity (Wildman–Crippen MR) is 85.2 cm³/mol. The summed E-state index contributed by atoms with van der Waals surface area (Å²) in [6, 6.07) is 9.51. The van der Waals surface area contributed by atoms with Crippen LogP contribution in [-0.4, -0.2) is 21.9 Å². The van der Waals surface area contributed by atoms with E-state index in [1.165, 1.54) is 23.1 Å². The van der Waals surface area contributed by atoms with Gasteiger partial charge in [0, 0.05) is 5.75 Å². The van der Waals surface area contributed by atoms with E-state index in [-0.39, 0.29) is 5.91 Å². The Morgan fingerprint density at radius 3 is 2.65 bits per heavy atom. The fourth-order valence-corrected chi connectivity index (χ4v) is 4.60. The number of rotatable bonds is 7. The van der Waals surface area contributed by atoms with Crippen LogP contribution in [0, 0.1) is 0 Å². The van der Waals surface area contributed by atoms with Crippen LogP contribution in [0.1, 0.15) is 24.2 Å². The van der Waals surface area contributed by atoms with Gasteiger partial charge in [0.1, 0.15) is 5.25 Å². The van der Waals surface area contributed by atoms with Crippen molar-refractivity contribution in [3.8, 4) is 0 Å². The van der Waals surface area contributed by atoms with Crippen LogP contribution < -0.4 is 5.73 Å². The van der Waals surface area contributed by atoms with E-state index in [2.05, 4.69) is 17.1 Å². The molecule has 1 aromatic heterocycles. The molecular weight excluding hydrogens is 310 g/mol. The smallest absolute Gasteiger partial charge is 0.235 e. The number of thioether (sulfide) groups is 2. The maximum Gasteiger partial charge on any atom is 0.235 e. The molecule has 4 nitrogen and oxygen atoms in total. The maximum atomic E-state index is 11.6. The number of aromatic nitrogens is 2. The molecule has 0 saturated heterocycles. The van der Waals surface area contributed by atoms with Crippen molar-refractivity contribution in [3.05, 3.63) is 35.9 Å². The van der Waals surface area contributed by atoms with Gasteiger partial charge in [0.05, 0.1) is 0 Å². The molecule has 0 radical (unpaired) electrons. The maximum absolute atomic E-state index is 11.6. The molecule has 0 spiro atoms. The number of nitrogens with zero attached hydrogens (tertiary/aromatic N) is 2. The average molecular weight is 325 g/mol. The molecule has 1 aromatic carbocycles. The van der Waals surface area contributed by atoms with Crippen molar-refractivity contribution in [1.29, 1.82) is 0 Å². The minimum absolute atomic E-state index is 0.362. The molecule has 0 bridgehead atoms. The molecule has 2 N–H and O–H groups in total. The molecule has 2 rings (SSSR count). The first-order valence-corrected chi connectivity index (χ1v) is 8.86. The zero-order valence-corrected chi connectivity index (χ0v) is 13.4. The third kappa shape index (κ3) is 4.22. The van der Waals surface area contributed by atoms with Crippen LogP contribution in [0.4, 0.5) is 0 Å². The minimum atomic E-state index is -0.423. The molecule has 7 heteroatoms. The molecule has 1 heterocycles. The Balaban J connectivity index is 2.09. The summed E-state index contributed by atoms with van der Waals surface area (Å²) in [7, 11) is 0. The number of hydrogen-bond donors (Lipinski definition) is 1. The normalized spacial score (nSPS) is 12.2. The summed E-state index contributed by atoms with van der Waals surface area (Å²) in [5.74, 6) is 0.663. The van der Waals surface area contributed by atoms with Crippen molar-refractivity contribution >= 4 is 40.8 Å². The summed E-state index contributed by atoms with van der Waals surface area (Å²) in [5.41, 5.74) is 6.39. The number of benzene rings is 1. The van der Waals surface area contributed by atoms with Crippen molar-refractivity contribution in [2.24, 2.45) is 5.73 Å². The number of hydrogen-bond acceptors (Lipinski definition) is 6. The largest absolute Gasteiger partial charge is 0.368 e. The summed E-state index contributed by atoms with van der Waals surface area (Å²) >= 11 is 4.56. The predicted octanol–water partition coefficient (Wildman–Crippen LogP) is 3.36. The van der Waals surface area contributed by atoms with Gasteiger partial charge in [-0.25, -0.2) is 0 Å². The summed E-state index contributed by atoms with van der Waals surface area (Å²) < 4.78 is 1.71. The molecular formula is C13H15N3OS3. The van der Waals surface area contributed by atoms with Crippen molar-refractivity contribution in [3.63, 3.8) is 0 Å². The zero-order chi connectivity index (χ0) is 14.4. The average Bonchev–Trinajstić information content (AvgIpc) is 2.91. The van der Waals surface area contributed by atoms with Gasteiger partial charge in [-0.05, 0) is 12.0 Å². The molecule has 1 atom stereocenters. The lowest BCUT2D eigenvalue weighted by atomic mass is 10.1. The van der Waals surface area contributed by atoms with E-state index in [9.17, 15) is 4.79 Å². The summed E-state index contributed by atoms with van der Waals surface area (Å²) in [6.07, 6.45) is 1.10. The monoisotopic (exact) mass is 325 g/mol. The van der Waals surface area contributed by atoms with Crippen LogP contribution in [0.25, 0.3) is 0 Å². The molecule has 0 aliphatic carbocycles. The van der Waals surface area contributed by atoms with Gasteiger partial charge in [-0.1, -0.05) is 72.1 Å². The molecule has 1 amide bonds. The number of amides is 1. The number of nitrogens with two attached hydrogens (primary N) is 1. The molecule has 20 heavy (non-hydrogen) atoms. The topological polar surface area (TPSA) is 68.9 Å². The van der Waals surface area contributed by atoms with Crippen LogP contribution in [0.5, 0.6) is 0 Å². The molecule has 106 valence electrons. The Morgan fingerprint density at radius 2 is 2.00 bits per heavy atom. The fourth-order valence-electron chi connectivity index (χ4n) is 1.51. The van der Waals surface area contributed by atoms with Gasteiger partial charge in [0.25, 0.3) is 0 Å². The van der Waals surface area contributed by atoms with Gasteiger partial charge >= 0.3 is 0 Å². The van der Waals surface area contributed by atoms with Crippen LogP contribution in [0.15, 0.2) is 39.0 Å². The summed E-state index contributed by atoms with van der Waals surface area (Å²) in [4.78, 5) is 11.6. The van der Waals surface area contributed by atoms with Gasteiger partial charge in [-0.3, -0.25) is 4.79 Å². The number of carbonyl (C=O) groups is 1. The first-order valence-electron chi connectivity index (χ1n) is 6.18. The second kappa shape index (κ2) is 7.66. The highest BCUT2D eigenvalue weighted by molar-refractivity contribution is 8.03. The van der Waals surface area contributed by atoms with Crippen LogP contribution >= 0.6 is 34.9 Å². The Kier molecular flexibility index (Phi) is 5.87. The van der Waals surface area contributed by atoms with E-state index in [1.807, 2.05) is 30.3 Å². The molecule has 0 saturated carbocycles. The van der Waals surface area contributed by atoms with Gasteiger partial charge in [0.2, 0.25) is 5.91 Å². The van der Waals surface area contributed by atoms with Crippen molar-refractivity contribution in [2.45, 2.75) is 27.3 Å². The Hall–Kier alpha value is -1.05. The number of carbonyl (C=O) groups excluding carboxylic acids is 1. The number of primary amides is 1. The van der Waals surface area contributed by atoms with E-state index in [0.717, 1.165) is 26.4 Å². The van der Waals surface area contributed by atoms with Crippen molar-refractivity contribution < 1.29 is 4.79 Å². The lowest BCUT2D eigenvalue weighted by Crippen LogP contribution is -2.18. The summed E-state index contributed by atoms with van der Waals surface area (Å²) in [6.45, 7) is 2.13. The van der Waals surface area contributed by atoms with Gasteiger partial charge in [-0.2, -0.15) is 0 Å². The van der Waals surface area contributed by atoms with Crippen molar-refractivity contribution in [1.82, 2.24) is 10.2 Å². The molecule has 2 aromatic rings. The Bertz CT molecular complexity index is 559. The third-order valence-corrected chi connectivity index (χ3v) is 6.02. The third-order valence-electron chi connectivity index (χ3n) is 2.40. The van der Waals surface area contributed by atoms with E-state index in [0.29, 0.717) is 0 Å². The zero-order valence-electron chi connectivity index (χ0n) is 11.0. The molecule has 1 unspecified atom stereocenters. The van der Waals surface area contributed by atoms with Crippen LogP contribution in [0.3, 0.4) is 0 Å². The van der Waals surface area contributed by atoms with Gasteiger partial charge in [0.15, 0.2) is 8.68 Å². The first-order chi connectivity index (χ1) is 9.70. The van der Waals surface area contributed by atoms with Gasteiger partial charge < -0.3 is 5.73 Å². The SMILES string of the molecule is CCCSc1nnc(SC(C(N)=O)c2ccccc2)s1. The fraction of sp³-hybridized carbons (Fsp3) is 0.308. The highest BCUT2D eigenvalue weighted by Crippen LogP contribution is 2.38. The molecule has 0 aliphatic heterocycles. The highest BCUT2D eigenvalue weighted by atomic mass is 32.2. The van der Waals surface area contributed by atoms with Crippen LogP contribution in [-0.2, 0) is 4.79 Å². The lowest BCUT2D eigenvalue weighted by Gasteiger charge is -2.10. The Morgan fingerprint density at radius 1 is 1.30 bits per heavy atom. The Labute approximate surface area is 130 Å². The van der Waals surface area contributed by atoms with E-state index in [1.54, 1.807) is 11.8 Å². The van der Waals surface area contributed by atoms with E-state index in [4.69, 9.17) is 5.73 Å². The van der Waals surface area contributed by atoms with Gasteiger partial charge in [-0.15, -0.1) is 10.2 Å². The van der Waals surface area contributed by atoms with Crippen LogP contribution in [0.2, 0.25) is 0 Å². The summed E-state index contributed by atoms with van der Waals surface area (Å²) in [5, 5.41) is 7.81. The standard InChI is InChI=1S/C13H15N3OS3/c1-2-8-18-12-15-16-13(20-12)19-10(11(14)17)9-6-4-3-5-7-9/h3-7,10H,2,8H2,1H3,(H2,14,17).